The fourth-order valence-electron chi connectivity index (χ4n) is 2.14. The highest BCUT2D eigenvalue weighted by Gasteiger charge is 2.40. The Morgan fingerprint density at radius 2 is 2.00 bits per heavy atom. The van der Waals surface area contributed by atoms with Crippen molar-refractivity contribution in [3.05, 3.63) is 0 Å². The number of esters is 1. The Bertz CT molecular complexity index is 276. The van der Waals surface area contributed by atoms with E-state index in [1.165, 1.54) is 7.11 Å². The molecule has 1 aliphatic heterocycles. The molecule has 1 atom stereocenters. The van der Waals surface area contributed by atoms with Gasteiger partial charge in [0, 0.05) is 13.1 Å². The van der Waals surface area contributed by atoms with Crippen LogP contribution in [0.2, 0.25) is 0 Å². The van der Waals surface area contributed by atoms with Gasteiger partial charge in [0.25, 0.3) is 0 Å². The highest BCUT2D eigenvalue weighted by Crippen LogP contribution is 2.27. The Morgan fingerprint density at radius 3 is 2.39 bits per heavy atom. The highest BCUT2D eigenvalue weighted by atomic mass is 19.4. The van der Waals surface area contributed by atoms with E-state index >= 15 is 0 Å². The second-order valence-electron chi connectivity index (χ2n) is 4.57. The van der Waals surface area contributed by atoms with E-state index in [1.807, 2.05) is 0 Å². The minimum atomic E-state index is -4.26. The van der Waals surface area contributed by atoms with Crippen molar-refractivity contribution in [1.29, 1.82) is 0 Å². The molecule has 0 spiro atoms. The van der Waals surface area contributed by atoms with Crippen molar-refractivity contribution in [2.75, 3.05) is 33.3 Å². The summed E-state index contributed by atoms with van der Waals surface area (Å²) in [6, 6.07) is 0. The highest BCUT2D eigenvalue weighted by molar-refractivity contribution is 5.72. The molecule has 7 heteroatoms. The van der Waals surface area contributed by atoms with E-state index < -0.39 is 18.6 Å². The van der Waals surface area contributed by atoms with Crippen molar-refractivity contribution in [3.8, 4) is 0 Å². The van der Waals surface area contributed by atoms with Crippen LogP contribution in [0.1, 0.15) is 12.8 Å². The van der Waals surface area contributed by atoms with Gasteiger partial charge < -0.3 is 15.4 Å². The second kappa shape index (κ2) is 6.38. The van der Waals surface area contributed by atoms with Crippen LogP contribution in [0.25, 0.3) is 0 Å². The van der Waals surface area contributed by atoms with Crippen LogP contribution in [0, 0.1) is 11.8 Å². The van der Waals surface area contributed by atoms with Gasteiger partial charge in [0.05, 0.1) is 18.9 Å². The first-order valence-electron chi connectivity index (χ1n) is 5.95. The number of nitrogens with two attached hydrogens (primary N) is 1. The molecule has 1 saturated heterocycles. The number of piperidine rings is 1. The average molecular weight is 268 g/mol. The van der Waals surface area contributed by atoms with Gasteiger partial charge in [-0.25, -0.2) is 0 Å². The Hall–Kier alpha value is -0.820. The number of hydrogen-bond donors (Lipinski definition) is 1. The first kappa shape index (κ1) is 15.2. The largest absolute Gasteiger partial charge is 0.469 e. The number of methoxy groups -OCH3 is 1. The second-order valence-corrected chi connectivity index (χ2v) is 4.57. The molecule has 106 valence electrons. The van der Waals surface area contributed by atoms with E-state index in [0.717, 1.165) is 0 Å². The maximum atomic E-state index is 12.6. The fourth-order valence-corrected chi connectivity index (χ4v) is 2.14. The van der Waals surface area contributed by atoms with Gasteiger partial charge >= 0.3 is 12.1 Å². The van der Waals surface area contributed by atoms with Crippen LogP contribution >= 0.6 is 0 Å². The number of ether oxygens (including phenoxy) is 1. The smallest absolute Gasteiger partial charge is 0.394 e. The Kier molecular flexibility index (Phi) is 5.40. The molecule has 0 radical (unpaired) electrons. The van der Waals surface area contributed by atoms with Crippen LogP contribution in [-0.2, 0) is 9.53 Å². The molecule has 1 heterocycles. The van der Waals surface area contributed by atoms with Gasteiger partial charge in [0.2, 0.25) is 0 Å². The molecule has 0 aromatic carbocycles. The fraction of sp³-hybridized carbons (Fsp3) is 0.909. The normalized spacial score (nSPS) is 20.7. The third-order valence-electron chi connectivity index (χ3n) is 3.35. The number of likely N-dealkylation sites (tertiary alicyclic amines) is 1. The molecule has 1 unspecified atom stereocenters. The van der Waals surface area contributed by atoms with Crippen molar-refractivity contribution in [2.45, 2.75) is 19.0 Å². The molecular formula is C11H19F3N2O2. The van der Waals surface area contributed by atoms with Gasteiger partial charge in [-0.05, 0) is 25.9 Å². The van der Waals surface area contributed by atoms with E-state index in [2.05, 4.69) is 4.74 Å². The quantitative estimate of drug-likeness (QED) is 0.773. The van der Waals surface area contributed by atoms with E-state index in [9.17, 15) is 18.0 Å². The standard InChI is InChI=1S/C11H19F3N2O2/c1-18-10(17)8-2-4-16(5-3-8)7-9(6-15)11(12,13)14/h8-9H,2-7,15H2,1H3. The van der Waals surface area contributed by atoms with Gasteiger partial charge in [0.1, 0.15) is 0 Å². The molecule has 0 aromatic heterocycles. The lowest BCUT2D eigenvalue weighted by atomic mass is 9.96. The summed E-state index contributed by atoms with van der Waals surface area (Å²) in [7, 11) is 1.32. The van der Waals surface area contributed by atoms with Gasteiger partial charge in [-0.15, -0.1) is 0 Å². The Labute approximate surface area is 104 Å². The Balaban J connectivity index is 2.41. The molecule has 0 aliphatic carbocycles. The van der Waals surface area contributed by atoms with Crippen molar-refractivity contribution in [2.24, 2.45) is 17.6 Å². The summed E-state index contributed by atoms with van der Waals surface area (Å²) in [6.07, 6.45) is -3.17. The van der Waals surface area contributed by atoms with Crippen LogP contribution in [0.5, 0.6) is 0 Å². The zero-order chi connectivity index (χ0) is 13.8. The third-order valence-corrected chi connectivity index (χ3v) is 3.35. The molecule has 1 aliphatic rings. The number of carbonyl (C=O) groups is 1. The van der Waals surface area contributed by atoms with E-state index in [4.69, 9.17) is 5.73 Å². The average Bonchev–Trinajstić information content (AvgIpc) is 2.34. The zero-order valence-corrected chi connectivity index (χ0v) is 10.4. The van der Waals surface area contributed by atoms with Crippen LogP contribution in [0.3, 0.4) is 0 Å². The van der Waals surface area contributed by atoms with Crippen molar-refractivity contribution < 1.29 is 22.7 Å². The van der Waals surface area contributed by atoms with E-state index in [0.29, 0.717) is 25.9 Å². The van der Waals surface area contributed by atoms with Crippen molar-refractivity contribution >= 4 is 5.97 Å². The van der Waals surface area contributed by atoms with Crippen LogP contribution in [0.4, 0.5) is 13.2 Å². The lowest BCUT2D eigenvalue weighted by Crippen LogP contribution is -2.44. The monoisotopic (exact) mass is 268 g/mol. The summed E-state index contributed by atoms with van der Waals surface area (Å²) in [5, 5.41) is 0. The van der Waals surface area contributed by atoms with Crippen molar-refractivity contribution in [1.82, 2.24) is 4.90 Å². The summed E-state index contributed by atoms with van der Waals surface area (Å²) >= 11 is 0. The van der Waals surface area contributed by atoms with Crippen molar-refractivity contribution in [3.63, 3.8) is 0 Å². The SMILES string of the molecule is COC(=O)C1CCN(CC(CN)C(F)(F)F)CC1. The molecule has 0 bridgehead atoms. The summed E-state index contributed by atoms with van der Waals surface area (Å²) in [6.45, 7) is 0.465. The van der Waals surface area contributed by atoms with E-state index in [1.54, 1.807) is 4.90 Å². The Morgan fingerprint density at radius 1 is 1.44 bits per heavy atom. The number of nitrogens with zero attached hydrogens (tertiary/aromatic N) is 1. The number of alkyl halides is 3. The van der Waals surface area contributed by atoms with Gasteiger partial charge in [-0.1, -0.05) is 0 Å². The predicted octanol–water partition coefficient (Wildman–Crippen LogP) is 1.01. The molecular weight excluding hydrogens is 249 g/mol. The summed E-state index contributed by atoms with van der Waals surface area (Å²) in [5.41, 5.74) is 5.15. The first-order chi connectivity index (χ1) is 8.38. The minimum Gasteiger partial charge on any atom is -0.469 e. The predicted molar refractivity (Wildman–Crippen MR) is 59.8 cm³/mol. The van der Waals surface area contributed by atoms with Gasteiger partial charge in [0.15, 0.2) is 0 Å². The lowest BCUT2D eigenvalue weighted by Gasteiger charge is -2.33. The zero-order valence-electron chi connectivity index (χ0n) is 10.4. The van der Waals surface area contributed by atoms with Gasteiger partial charge in [-0.3, -0.25) is 4.79 Å². The number of hydrogen-bond acceptors (Lipinski definition) is 4. The maximum absolute atomic E-state index is 12.6. The molecule has 4 nitrogen and oxygen atoms in total. The van der Waals surface area contributed by atoms with Crippen LogP contribution in [0.15, 0.2) is 0 Å². The molecule has 18 heavy (non-hydrogen) atoms. The maximum Gasteiger partial charge on any atom is 0.394 e. The minimum absolute atomic E-state index is 0.0894. The number of rotatable bonds is 4. The summed E-state index contributed by atoms with van der Waals surface area (Å²) in [4.78, 5) is 13.0. The third kappa shape index (κ3) is 4.13. The number of halogens is 3. The lowest BCUT2D eigenvalue weighted by molar-refractivity contribution is -0.177. The first-order valence-corrected chi connectivity index (χ1v) is 5.95. The topological polar surface area (TPSA) is 55.6 Å². The molecule has 1 rings (SSSR count). The number of carbonyl (C=O) groups excluding carboxylic acids is 1. The summed E-state index contributed by atoms with van der Waals surface area (Å²) < 4.78 is 42.3. The van der Waals surface area contributed by atoms with Gasteiger partial charge in [-0.2, -0.15) is 13.2 Å². The molecule has 2 N–H and O–H groups in total. The molecule has 1 fully saturated rings. The van der Waals surface area contributed by atoms with Crippen LogP contribution in [-0.4, -0.2) is 50.3 Å². The molecule has 0 saturated carbocycles. The van der Waals surface area contributed by atoms with E-state index in [-0.39, 0.29) is 18.4 Å². The molecule has 0 aromatic rings. The summed E-state index contributed by atoms with van der Waals surface area (Å²) in [5.74, 6) is -1.96. The molecule has 0 amide bonds. The van der Waals surface area contributed by atoms with Crippen LogP contribution < -0.4 is 5.73 Å².